The van der Waals surface area contributed by atoms with Gasteiger partial charge in [-0.25, -0.2) is 4.98 Å². The maximum atomic E-state index is 12.3. The van der Waals surface area contributed by atoms with E-state index in [1.54, 1.807) is 29.7 Å². The number of rotatable bonds is 6. The predicted octanol–water partition coefficient (Wildman–Crippen LogP) is 2.24. The van der Waals surface area contributed by atoms with Crippen molar-refractivity contribution < 1.29 is 4.79 Å². The van der Waals surface area contributed by atoms with Crippen LogP contribution in [0.15, 0.2) is 35.2 Å². The summed E-state index contributed by atoms with van der Waals surface area (Å²) in [6, 6.07) is 5.80. The molecule has 1 atom stereocenters. The molecule has 2 heterocycles. The van der Waals surface area contributed by atoms with Gasteiger partial charge in [0.25, 0.3) is 5.91 Å². The van der Waals surface area contributed by atoms with Crippen LogP contribution in [0.25, 0.3) is 0 Å². The summed E-state index contributed by atoms with van der Waals surface area (Å²) in [6.07, 6.45) is 1.66. The van der Waals surface area contributed by atoms with Gasteiger partial charge in [-0.15, -0.1) is 0 Å². The van der Waals surface area contributed by atoms with E-state index in [0.717, 1.165) is 5.82 Å². The van der Waals surface area contributed by atoms with Gasteiger partial charge in [0.1, 0.15) is 5.82 Å². The summed E-state index contributed by atoms with van der Waals surface area (Å²) in [6.45, 7) is 0.572. The molecule has 2 aromatic heterocycles. The maximum absolute atomic E-state index is 12.3. The van der Waals surface area contributed by atoms with Crippen LogP contribution in [-0.2, 0) is 0 Å². The second-order valence-electron chi connectivity index (χ2n) is 5.54. The van der Waals surface area contributed by atoms with Crippen LogP contribution < -0.4 is 10.2 Å². The predicted molar refractivity (Wildman–Crippen MR) is 91.6 cm³/mol. The topological polar surface area (TPSA) is 48.5 Å². The first-order valence-corrected chi connectivity index (χ1v) is 8.03. The number of carbonyl (C=O) groups is 1. The summed E-state index contributed by atoms with van der Waals surface area (Å²) in [5.41, 5.74) is 1.85. The number of hydrogen-bond donors (Lipinski definition) is 1. The average molecular weight is 318 g/mol. The van der Waals surface area contributed by atoms with Crippen molar-refractivity contribution in [3.63, 3.8) is 0 Å². The molecule has 0 unspecified atom stereocenters. The van der Waals surface area contributed by atoms with Crippen LogP contribution in [0.3, 0.4) is 0 Å². The van der Waals surface area contributed by atoms with Crippen molar-refractivity contribution in [1.29, 1.82) is 0 Å². The Balaban J connectivity index is 2.04. The average Bonchev–Trinajstić information content (AvgIpc) is 3.01. The number of pyridine rings is 1. The fraction of sp³-hybridized carbons (Fsp3) is 0.375. The summed E-state index contributed by atoms with van der Waals surface area (Å²) >= 11 is 1.67. The van der Waals surface area contributed by atoms with Crippen molar-refractivity contribution in [1.82, 2.24) is 15.2 Å². The molecule has 2 aromatic rings. The molecular weight excluding hydrogens is 296 g/mol. The van der Waals surface area contributed by atoms with Crippen molar-refractivity contribution in [3.05, 3.63) is 46.3 Å². The standard InChI is InChI=1S/C16H22N4OS/c1-19(2)14(13-6-8-22-11-13)10-18-16(21)12-5-7-17-15(9-12)20(3)4/h5-9,11,14H,10H2,1-4H3,(H,18,21)/t14-/m0/s1. The molecule has 2 rings (SSSR count). The number of likely N-dealkylation sites (N-methyl/N-ethyl adjacent to an activating group) is 1. The van der Waals surface area contributed by atoms with Gasteiger partial charge in [0.15, 0.2) is 0 Å². The van der Waals surface area contributed by atoms with Crippen LogP contribution in [0.2, 0.25) is 0 Å². The lowest BCUT2D eigenvalue weighted by atomic mass is 10.1. The Bertz CT molecular complexity index is 610. The first kappa shape index (κ1) is 16.5. The van der Waals surface area contributed by atoms with Gasteiger partial charge in [0.05, 0.1) is 6.04 Å². The largest absolute Gasteiger partial charge is 0.363 e. The van der Waals surface area contributed by atoms with Gasteiger partial charge in [-0.05, 0) is 48.6 Å². The first-order chi connectivity index (χ1) is 10.5. The van der Waals surface area contributed by atoms with Gasteiger partial charge in [-0.1, -0.05) is 0 Å². The van der Waals surface area contributed by atoms with Gasteiger partial charge >= 0.3 is 0 Å². The molecule has 0 aliphatic carbocycles. The number of nitrogens with zero attached hydrogens (tertiary/aromatic N) is 3. The SMILES string of the molecule is CN(C)c1cc(C(=O)NC[C@@H](c2ccsc2)N(C)C)ccn1. The zero-order chi connectivity index (χ0) is 16.1. The molecule has 6 heteroatoms. The third kappa shape index (κ3) is 4.05. The monoisotopic (exact) mass is 318 g/mol. The Labute approximate surface area is 135 Å². The molecule has 0 aliphatic rings. The number of amides is 1. The lowest BCUT2D eigenvalue weighted by Crippen LogP contribution is -2.34. The smallest absolute Gasteiger partial charge is 0.251 e. The molecule has 0 aliphatic heterocycles. The molecule has 0 saturated heterocycles. The Kier molecular flexibility index (Phi) is 5.51. The van der Waals surface area contributed by atoms with E-state index in [9.17, 15) is 4.79 Å². The molecule has 0 aromatic carbocycles. The lowest BCUT2D eigenvalue weighted by molar-refractivity contribution is 0.0942. The van der Waals surface area contributed by atoms with Crippen LogP contribution in [0.5, 0.6) is 0 Å². The summed E-state index contributed by atoms with van der Waals surface area (Å²) in [7, 11) is 7.85. The van der Waals surface area contributed by atoms with Gasteiger partial charge in [0, 0.05) is 32.4 Å². The minimum absolute atomic E-state index is 0.0763. The van der Waals surface area contributed by atoms with Gasteiger partial charge in [0.2, 0.25) is 0 Å². The molecule has 0 spiro atoms. The molecule has 0 bridgehead atoms. The second kappa shape index (κ2) is 7.38. The van der Waals surface area contributed by atoms with Crippen molar-refractivity contribution in [2.45, 2.75) is 6.04 Å². The number of nitrogens with one attached hydrogen (secondary N) is 1. The Hall–Kier alpha value is -1.92. The van der Waals surface area contributed by atoms with E-state index in [1.165, 1.54) is 5.56 Å². The minimum atomic E-state index is -0.0763. The van der Waals surface area contributed by atoms with Crippen molar-refractivity contribution in [3.8, 4) is 0 Å². The van der Waals surface area contributed by atoms with E-state index in [4.69, 9.17) is 0 Å². The highest BCUT2D eigenvalue weighted by Crippen LogP contribution is 2.20. The molecule has 0 radical (unpaired) electrons. The highest BCUT2D eigenvalue weighted by atomic mass is 32.1. The number of aromatic nitrogens is 1. The minimum Gasteiger partial charge on any atom is -0.363 e. The number of thiophene rings is 1. The van der Waals surface area contributed by atoms with Crippen LogP contribution in [0.4, 0.5) is 5.82 Å². The molecule has 0 fully saturated rings. The molecular formula is C16H22N4OS. The zero-order valence-electron chi connectivity index (χ0n) is 13.4. The molecule has 1 amide bonds. The summed E-state index contributed by atoms with van der Waals surface area (Å²) in [5, 5.41) is 7.19. The number of carbonyl (C=O) groups excluding carboxylic acids is 1. The van der Waals surface area contributed by atoms with E-state index in [2.05, 4.69) is 32.0 Å². The number of hydrogen-bond acceptors (Lipinski definition) is 5. The summed E-state index contributed by atoms with van der Waals surface area (Å²) in [5.74, 6) is 0.697. The molecule has 1 N–H and O–H groups in total. The van der Waals surface area contributed by atoms with Crippen LogP contribution in [-0.4, -0.2) is 50.5 Å². The lowest BCUT2D eigenvalue weighted by Gasteiger charge is -2.24. The third-order valence-electron chi connectivity index (χ3n) is 3.47. The highest BCUT2D eigenvalue weighted by Gasteiger charge is 2.16. The molecule has 0 saturated carbocycles. The Morgan fingerprint density at radius 2 is 2.09 bits per heavy atom. The van der Waals surface area contributed by atoms with Crippen molar-refractivity contribution in [2.75, 3.05) is 39.6 Å². The van der Waals surface area contributed by atoms with Gasteiger partial charge in [-0.3, -0.25) is 4.79 Å². The molecule has 22 heavy (non-hydrogen) atoms. The Morgan fingerprint density at radius 3 is 2.68 bits per heavy atom. The quantitative estimate of drug-likeness (QED) is 0.887. The number of anilines is 1. The highest BCUT2D eigenvalue weighted by molar-refractivity contribution is 7.07. The molecule has 5 nitrogen and oxygen atoms in total. The third-order valence-corrected chi connectivity index (χ3v) is 4.17. The van der Waals surface area contributed by atoms with E-state index in [0.29, 0.717) is 12.1 Å². The zero-order valence-corrected chi connectivity index (χ0v) is 14.2. The van der Waals surface area contributed by atoms with Crippen LogP contribution in [0.1, 0.15) is 22.0 Å². The van der Waals surface area contributed by atoms with Gasteiger partial charge in [-0.2, -0.15) is 11.3 Å². The van der Waals surface area contributed by atoms with E-state index >= 15 is 0 Å². The normalized spacial score (nSPS) is 12.2. The van der Waals surface area contributed by atoms with E-state index in [1.807, 2.05) is 33.1 Å². The first-order valence-electron chi connectivity index (χ1n) is 7.09. The molecule has 118 valence electrons. The Morgan fingerprint density at radius 1 is 1.32 bits per heavy atom. The van der Waals surface area contributed by atoms with Crippen LogP contribution in [0, 0.1) is 0 Å². The van der Waals surface area contributed by atoms with Gasteiger partial charge < -0.3 is 15.1 Å². The summed E-state index contributed by atoms with van der Waals surface area (Å²) in [4.78, 5) is 20.6. The fourth-order valence-corrected chi connectivity index (χ4v) is 2.87. The van der Waals surface area contributed by atoms with Crippen molar-refractivity contribution >= 4 is 23.1 Å². The maximum Gasteiger partial charge on any atom is 0.251 e. The van der Waals surface area contributed by atoms with E-state index < -0.39 is 0 Å². The van der Waals surface area contributed by atoms with Crippen molar-refractivity contribution in [2.24, 2.45) is 0 Å². The van der Waals surface area contributed by atoms with Crippen LogP contribution >= 0.6 is 11.3 Å². The summed E-state index contributed by atoms with van der Waals surface area (Å²) < 4.78 is 0. The fourth-order valence-electron chi connectivity index (χ4n) is 2.16. The van der Waals surface area contributed by atoms with E-state index in [-0.39, 0.29) is 11.9 Å². The second-order valence-corrected chi connectivity index (χ2v) is 6.32.